The smallest absolute Gasteiger partial charge is 0.337 e. The van der Waals surface area contributed by atoms with E-state index in [2.05, 4.69) is 4.98 Å². The fraction of sp³-hybridized carbons (Fsp3) is 0.182. The SMILES string of the molecule is CC(=O)SCC=Cc1ncccc1C(=O)O. The van der Waals surface area contributed by atoms with Crippen molar-refractivity contribution in [2.45, 2.75) is 6.92 Å². The van der Waals surface area contributed by atoms with Gasteiger partial charge in [-0.05, 0) is 18.2 Å². The van der Waals surface area contributed by atoms with Crippen LogP contribution < -0.4 is 0 Å². The van der Waals surface area contributed by atoms with Crippen molar-refractivity contribution in [3.05, 3.63) is 35.7 Å². The average Bonchev–Trinajstić information content (AvgIpc) is 2.24. The topological polar surface area (TPSA) is 67.3 Å². The number of aromatic carboxylic acids is 1. The first-order chi connectivity index (χ1) is 7.61. The van der Waals surface area contributed by atoms with E-state index in [1.807, 2.05) is 0 Å². The standard InChI is InChI=1S/C11H11NO3S/c1-8(13)16-7-3-5-10-9(11(14)15)4-2-6-12-10/h2-6H,7H2,1H3,(H,14,15). The second kappa shape index (κ2) is 6.07. The molecule has 0 aromatic carbocycles. The molecule has 0 bridgehead atoms. The van der Waals surface area contributed by atoms with Crippen molar-refractivity contribution in [1.29, 1.82) is 0 Å². The van der Waals surface area contributed by atoms with Gasteiger partial charge in [0.25, 0.3) is 0 Å². The summed E-state index contributed by atoms with van der Waals surface area (Å²) >= 11 is 1.16. The molecule has 1 aromatic heterocycles. The maximum Gasteiger partial charge on any atom is 0.337 e. The molecule has 84 valence electrons. The summed E-state index contributed by atoms with van der Waals surface area (Å²) < 4.78 is 0. The van der Waals surface area contributed by atoms with E-state index in [0.717, 1.165) is 11.8 Å². The molecule has 1 aromatic rings. The zero-order valence-electron chi connectivity index (χ0n) is 8.71. The van der Waals surface area contributed by atoms with Crippen LogP contribution in [0.15, 0.2) is 24.4 Å². The second-order valence-electron chi connectivity index (χ2n) is 2.95. The van der Waals surface area contributed by atoms with E-state index in [1.54, 1.807) is 18.2 Å². The molecule has 0 radical (unpaired) electrons. The van der Waals surface area contributed by atoms with Crippen molar-refractivity contribution in [3.8, 4) is 0 Å². The van der Waals surface area contributed by atoms with Crippen LogP contribution in [0.3, 0.4) is 0 Å². The first kappa shape index (κ1) is 12.4. The van der Waals surface area contributed by atoms with E-state index >= 15 is 0 Å². The highest BCUT2D eigenvalue weighted by molar-refractivity contribution is 8.13. The molecule has 0 aliphatic rings. The van der Waals surface area contributed by atoms with Gasteiger partial charge in [-0.1, -0.05) is 17.8 Å². The monoisotopic (exact) mass is 237 g/mol. The summed E-state index contributed by atoms with van der Waals surface area (Å²) in [6.45, 7) is 1.49. The van der Waals surface area contributed by atoms with Gasteiger partial charge in [0.05, 0.1) is 11.3 Å². The summed E-state index contributed by atoms with van der Waals surface area (Å²) in [6.07, 6.45) is 4.87. The van der Waals surface area contributed by atoms with Crippen LogP contribution in [0.2, 0.25) is 0 Å². The Kier molecular flexibility index (Phi) is 4.72. The van der Waals surface area contributed by atoms with Crippen molar-refractivity contribution in [2.75, 3.05) is 5.75 Å². The number of carboxylic acid groups (broad SMARTS) is 1. The van der Waals surface area contributed by atoms with Gasteiger partial charge in [0, 0.05) is 18.9 Å². The van der Waals surface area contributed by atoms with Crippen LogP contribution in [-0.2, 0) is 4.79 Å². The normalized spacial score (nSPS) is 10.6. The van der Waals surface area contributed by atoms with Crippen LogP contribution in [0.25, 0.3) is 6.08 Å². The average molecular weight is 237 g/mol. The van der Waals surface area contributed by atoms with Crippen molar-refractivity contribution >= 4 is 28.9 Å². The number of nitrogens with zero attached hydrogens (tertiary/aromatic N) is 1. The number of aromatic nitrogens is 1. The minimum atomic E-state index is -1.01. The van der Waals surface area contributed by atoms with Gasteiger partial charge < -0.3 is 5.11 Å². The van der Waals surface area contributed by atoms with Crippen LogP contribution in [0, 0.1) is 0 Å². The molecule has 0 fully saturated rings. The molecule has 0 saturated carbocycles. The third-order valence-corrected chi connectivity index (χ3v) is 2.49. The van der Waals surface area contributed by atoms with Gasteiger partial charge in [-0.2, -0.15) is 0 Å². The molecule has 0 unspecified atom stereocenters. The predicted octanol–water partition coefficient (Wildman–Crippen LogP) is 2.07. The highest BCUT2D eigenvalue weighted by Crippen LogP contribution is 2.09. The van der Waals surface area contributed by atoms with Crippen molar-refractivity contribution < 1.29 is 14.7 Å². The lowest BCUT2D eigenvalue weighted by atomic mass is 10.2. The van der Waals surface area contributed by atoms with E-state index < -0.39 is 5.97 Å². The maximum absolute atomic E-state index is 10.8. The summed E-state index contributed by atoms with van der Waals surface area (Å²) in [4.78, 5) is 25.4. The van der Waals surface area contributed by atoms with E-state index in [-0.39, 0.29) is 10.7 Å². The lowest BCUT2D eigenvalue weighted by Gasteiger charge is -1.98. The zero-order chi connectivity index (χ0) is 12.0. The molecule has 0 saturated heterocycles. The Morgan fingerprint density at radius 3 is 2.94 bits per heavy atom. The van der Waals surface area contributed by atoms with Crippen LogP contribution in [0.5, 0.6) is 0 Å². The molecular formula is C11H11NO3S. The lowest BCUT2D eigenvalue weighted by Crippen LogP contribution is -2.00. The molecule has 0 aliphatic heterocycles. The highest BCUT2D eigenvalue weighted by atomic mass is 32.2. The molecule has 0 atom stereocenters. The van der Waals surface area contributed by atoms with Gasteiger partial charge in [-0.3, -0.25) is 9.78 Å². The molecule has 1 rings (SSSR count). The molecule has 1 heterocycles. The molecule has 16 heavy (non-hydrogen) atoms. The number of carbonyl (C=O) groups excluding carboxylic acids is 1. The Balaban J connectivity index is 2.73. The van der Waals surface area contributed by atoms with E-state index in [1.165, 1.54) is 19.2 Å². The number of hydrogen-bond donors (Lipinski definition) is 1. The number of thioether (sulfide) groups is 1. The number of pyridine rings is 1. The van der Waals surface area contributed by atoms with Crippen LogP contribution >= 0.6 is 11.8 Å². The van der Waals surface area contributed by atoms with Crippen molar-refractivity contribution in [1.82, 2.24) is 4.98 Å². The fourth-order valence-electron chi connectivity index (χ4n) is 1.06. The Morgan fingerprint density at radius 1 is 1.56 bits per heavy atom. The Labute approximate surface area is 97.4 Å². The van der Waals surface area contributed by atoms with Gasteiger partial charge in [0.2, 0.25) is 0 Å². The second-order valence-corrected chi connectivity index (χ2v) is 4.14. The molecule has 1 N–H and O–H groups in total. The molecule has 0 amide bonds. The van der Waals surface area contributed by atoms with Gasteiger partial charge in [-0.15, -0.1) is 0 Å². The molecule has 0 spiro atoms. The number of carbonyl (C=O) groups is 2. The first-order valence-electron chi connectivity index (χ1n) is 4.59. The van der Waals surface area contributed by atoms with E-state index in [0.29, 0.717) is 11.4 Å². The first-order valence-corrected chi connectivity index (χ1v) is 5.58. The molecular weight excluding hydrogens is 226 g/mol. The predicted molar refractivity (Wildman–Crippen MR) is 63.4 cm³/mol. The van der Waals surface area contributed by atoms with E-state index in [9.17, 15) is 9.59 Å². The summed E-state index contributed by atoms with van der Waals surface area (Å²) in [5, 5.41) is 8.91. The molecule has 4 nitrogen and oxygen atoms in total. The summed E-state index contributed by atoms with van der Waals surface area (Å²) in [7, 11) is 0. The number of carboxylic acids is 1. The van der Waals surface area contributed by atoms with Crippen molar-refractivity contribution in [3.63, 3.8) is 0 Å². The fourth-order valence-corrected chi connectivity index (χ4v) is 1.48. The van der Waals surface area contributed by atoms with Gasteiger partial charge in [0.1, 0.15) is 0 Å². The third kappa shape index (κ3) is 3.86. The zero-order valence-corrected chi connectivity index (χ0v) is 9.53. The number of rotatable bonds is 4. The molecule has 5 heteroatoms. The maximum atomic E-state index is 10.8. The Bertz CT molecular complexity index is 429. The summed E-state index contributed by atoms with van der Waals surface area (Å²) in [5.74, 6) is -0.489. The van der Waals surface area contributed by atoms with Crippen molar-refractivity contribution in [2.24, 2.45) is 0 Å². The Hall–Kier alpha value is -1.62. The minimum Gasteiger partial charge on any atom is -0.478 e. The van der Waals surface area contributed by atoms with Crippen LogP contribution in [0.4, 0.5) is 0 Å². The summed E-state index contributed by atoms with van der Waals surface area (Å²) in [5.41, 5.74) is 0.561. The van der Waals surface area contributed by atoms with Crippen LogP contribution in [0.1, 0.15) is 23.0 Å². The van der Waals surface area contributed by atoms with Gasteiger partial charge >= 0.3 is 5.97 Å². The van der Waals surface area contributed by atoms with Gasteiger partial charge in [0.15, 0.2) is 5.12 Å². The third-order valence-electron chi connectivity index (χ3n) is 1.73. The highest BCUT2D eigenvalue weighted by Gasteiger charge is 2.07. The largest absolute Gasteiger partial charge is 0.478 e. The molecule has 0 aliphatic carbocycles. The van der Waals surface area contributed by atoms with Gasteiger partial charge in [-0.25, -0.2) is 4.79 Å². The van der Waals surface area contributed by atoms with Crippen LogP contribution in [-0.4, -0.2) is 26.9 Å². The number of hydrogen-bond acceptors (Lipinski definition) is 4. The Morgan fingerprint density at radius 2 is 2.31 bits per heavy atom. The minimum absolute atomic E-state index is 0.0316. The lowest BCUT2D eigenvalue weighted by molar-refractivity contribution is -0.109. The summed E-state index contributed by atoms with van der Waals surface area (Å²) in [6, 6.07) is 3.07. The van der Waals surface area contributed by atoms with E-state index in [4.69, 9.17) is 5.11 Å². The quantitative estimate of drug-likeness (QED) is 0.868.